The number of anilines is 1. The molecule has 0 fully saturated rings. The van der Waals surface area contributed by atoms with Crippen molar-refractivity contribution in [3.05, 3.63) is 47.4 Å². The van der Waals surface area contributed by atoms with E-state index in [1.807, 2.05) is 6.07 Å². The summed E-state index contributed by atoms with van der Waals surface area (Å²) in [4.78, 5) is 11.5. The van der Waals surface area contributed by atoms with E-state index < -0.39 is 0 Å². The summed E-state index contributed by atoms with van der Waals surface area (Å²) < 4.78 is 13.2. The van der Waals surface area contributed by atoms with Crippen molar-refractivity contribution in [1.29, 1.82) is 0 Å². The summed E-state index contributed by atoms with van der Waals surface area (Å²) in [6.07, 6.45) is 1.99. The number of H-pyrrole nitrogens is 1. The summed E-state index contributed by atoms with van der Waals surface area (Å²) in [6, 6.07) is 6.32. The first-order chi connectivity index (χ1) is 8.24. The maximum atomic E-state index is 13.2. The average Bonchev–Trinajstić information content (AvgIpc) is 2.75. The average molecular weight is 231 g/mol. The number of aromatic amines is 1. The third-order valence-corrected chi connectivity index (χ3v) is 2.95. The number of carbonyl (C=O) groups excluding carboxylic acids is 1. The van der Waals surface area contributed by atoms with E-state index in [1.165, 1.54) is 12.1 Å². The van der Waals surface area contributed by atoms with Crippen molar-refractivity contribution in [1.82, 2.24) is 10.2 Å². The molecule has 0 saturated carbocycles. The monoisotopic (exact) mass is 231 g/mol. The first kappa shape index (κ1) is 10.0. The van der Waals surface area contributed by atoms with Gasteiger partial charge in [-0.3, -0.25) is 9.89 Å². The van der Waals surface area contributed by atoms with Crippen molar-refractivity contribution in [2.45, 2.75) is 12.3 Å². The molecule has 0 unspecified atom stereocenters. The summed E-state index contributed by atoms with van der Waals surface area (Å²) in [5, 5.41) is 9.33. The largest absolute Gasteiger partial charge is 0.311 e. The standard InChI is InChI=1S/C12H10FN3O/c13-8-3-1-2-7(4-8)9-5-11(17)15-12-10(9)6-14-16-12/h1-4,6,9H,5H2,(H2,14,15,16,17)/t9-/m0/s1. The molecule has 1 atom stereocenters. The molecule has 86 valence electrons. The Morgan fingerprint density at radius 1 is 1.41 bits per heavy atom. The molecular formula is C12H10FN3O. The number of fused-ring (bicyclic) bond motifs is 1. The minimum atomic E-state index is -0.293. The maximum absolute atomic E-state index is 13.2. The van der Waals surface area contributed by atoms with Crippen molar-refractivity contribution in [2.24, 2.45) is 0 Å². The highest BCUT2D eigenvalue weighted by Crippen LogP contribution is 2.35. The van der Waals surface area contributed by atoms with Crippen LogP contribution in [0.1, 0.15) is 23.5 Å². The number of hydrogen-bond donors (Lipinski definition) is 2. The van der Waals surface area contributed by atoms with Crippen molar-refractivity contribution in [3.63, 3.8) is 0 Å². The molecule has 2 N–H and O–H groups in total. The van der Waals surface area contributed by atoms with Gasteiger partial charge in [0.15, 0.2) is 0 Å². The van der Waals surface area contributed by atoms with E-state index in [9.17, 15) is 9.18 Å². The smallest absolute Gasteiger partial charge is 0.226 e. The van der Waals surface area contributed by atoms with Gasteiger partial charge in [0, 0.05) is 17.9 Å². The van der Waals surface area contributed by atoms with E-state index in [4.69, 9.17) is 0 Å². The van der Waals surface area contributed by atoms with Gasteiger partial charge in [0.1, 0.15) is 11.6 Å². The van der Waals surface area contributed by atoms with Gasteiger partial charge in [-0.15, -0.1) is 0 Å². The van der Waals surface area contributed by atoms with E-state index in [0.717, 1.165) is 11.1 Å². The van der Waals surface area contributed by atoms with Crippen LogP contribution in [0.25, 0.3) is 0 Å². The number of aromatic nitrogens is 2. The van der Waals surface area contributed by atoms with Gasteiger partial charge in [0.05, 0.1) is 6.20 Å². The lowest BCUT2D eigenvalue weighted by Gasteiger charge is -2.22. The van der Waals surface area contributed by atoms with Gasteiger partial charge in [0.25, 0.3) is 0 Å². The van der Waals surface area contributed by atoms with Gasteiger partial charge >= 0.3 is 0 Å². The lowest BCUT2D eigenvalue weighted by molar-refractivity contribution is -0.116. The van der Waals surface area contributed by atoms with Gasteiger partial charge in [-0.05, 0) is 17.7 Å². The number of amides is 1. The quantitative estimate of drug-likeness (QED) is 0.788. The van der Waals surface area contributed by atoms with Crippen LogP contribution >= 0.6 is 0 Å². The van der Waals surface area contributed by atoms with Crippen LogP contribution in [0.2, 0.25) is 0 Å². The molecule has 3 rings (SSSR count). The number of carbonyl (C=O) groups is 1. The molecule has 4 nitrogen and oxygen atoms in total. The van der Waals surface area contributed by atoms with Gasteiger partial charge in [-0.1, -0.05) is 12.1 Å². The molecule has 1 aromatic carbocycles. The van der Waals surface area contributed by atoms with Gasteiger partial charge in [-0.25, -0.2) is 4.39 Å². The van der Waals surface area contributed by atoms with Crippen LogP contribution in [0.5, 0.6) is 0 Å². The number of rotatable bonds is 1. The first-order valence-electron chi connectivity index (χ1n) is 5.32. The molecular weight excluding hydrogens is 221 g/mol. The van der Waals surface area contributed by atoms with Gasteiger partial charge < -0.3 is 5.32 Å². The van der Waals surface area contributed by atoms with Crippen LogP contribution in [0.15, 0.2) is 30.5 Å². The van der Waals surface area contributed by atoms with Crippen LogP contribution < -0.4 is 5.32 Å². The predicted molar refractivity (Wildman–Crippen MR) is 60.1 cm³/mol. The minimum Gasteiger partial charge on any atom is -0.311 e. The fourth-order valence-electron chi connectivity index (χ4n) is 2.17. The normalized spacial score (nSPS) is 18.6. The molecule has 5 heteroatoms. The molecule has 1 aliphatic heterocycles. The third-order valence-electron chi connectivity index (χ3n) is 2.95. The molecule has 17 heavy (non-hydrogen) atoms. The first-order valence-corrected chi connectivity index (χ1v) is 5.32. The lowest BCUT2D eigenvalue weighted by atomic mass is 9.87. The molecule has 1 aliphatic rings. The number of halogens is 1. The van der Waals surface area contributed by atoms with Crippen molar-refractivity contribution in [2.75, 3.05) is 5.32 Å². The number of nitrogens with zero attached hydrogens (tertiary/aromatic N) is 1. The fourth-order valence-corrected chi connectivity index (χ4v) is 2.17. The molecule has 2 heterocycles. The Balaban J connectivity index is 2.08. The highest BCUT2D eigenvalue weighted by Gasteiger charge is 2.28. The maximum Gasteiger partial charge on any atom is 0.226 e. The topological polar surface area (TPSA) is 57.8 Å². The fraction of sp³-hybridized carbons (Fsp3) is 0.167. The van der Waals surface area contributed by atoms with Crippen LogP contribution in [0.4, 0.5) is 10.2 Å². The van der Waals surface area contributed by atoms with Crippen LogP contribution in [-0.4, -0.2) is 16.1 Å². The summed E-state index contributed by atoms with van der Waals surface area (Å²) in [5.74, 6) is 0.0956. The van der Waals surface area contributed by atoms with Gasteiger partial charge in [-0.2, -0.15) is 5.10 Å². The number of benzene rings is 1. The van der Waals surface area contributed by atoms with E-state index in [-0.39, 0.29) is 17.6 Å². The predicted octanol–water partition coefficient (Wildman–Crippen LogP) is 2.02. The highest BCUT2D eigenvalue weighted by molar-refractivity contribution is 5.94. The number of hydrogen-bond acceptors (Lipinski definition) is 2. The number of nitrogens with one attached hydrogen (secondary N) is 2. The zero-order valence-corrected chi connectivity index (χ0v) is 8.90. The highest BCUT2D eigenvalue weighted by atomic mass is 19.1. The Hall–Kier alpha value is -2.17. The summed E-state index contributed by atoms with van der Waals surface area (Å²) >= 11 is 0. The van der Waals surface area contributed by atoms with E-state index in [0.29, 0.717) is 12.2 Å². The second-order valence-corrected chi connectivity index (χ2v) is 4.06. The Bertz CT molecular complexity index is 579. The Morgan fingerprint density at radius 3 is 3.12 bits per heavy atom. The Morgan fingerprint density at radius 2 is 2.29 bits per heavy atom. The van der Waals surface area contributed by atoms with E-state index in [1.54, 1.807) is 12.3 Å². The Labute approximate surface area is 96.9 Å². The van der Waals surface area contributed by atoms with Crippen LogP contribution in [0.3, 0.4) is 0 Å². The van der Waals surface area contributed by atoms with Crippen molar-refractivity contribution >= 4 is 11.7 Å². The SMILES string of the molecule is O=C1C[C@@H](c2cccc(F)c2)c2cn[nH]c2N1. The van der Waals surface area contributed by atoms with E-state index in [2.05, 4.69) is 15.5 Å². The zero-order valence-electron chi connectivity index (χ0n) is 8.90. The molecule has 1 aromatic heterocycles. The lowest BCUT2D eigenvalue weighted by Crippen LogP contribution is -2.22. The molecule has 0 spiro atoms. The van der Waals surface area contributed by atoms with Gasteiger partial charge in [0.2, 0.25) is 5.91 Å². The third kappa shape index (κ3) is 1.69. The minimum absolute atomic E-state index is 0.0870. The molecule has 1 amide bonds. The van der Waals surface area contributed by atoms with E-state index >= 15 is 0 Å². The second-order valence-electron chi connectivity index (χ2n) is 4.06. The zero-order chi connectivity index (χ0) is 11.8. The summed E-state index contributed by atoms with van der Waals surface area (Å²) in [6.45, 7) is 0. The molecule has 0 saturated heterocycles. The van der Waals surface area contributed by atoms with Crippen LogP contribution in [0, 0.1) is 5.82 Å². The van der Waals surface area contributed by atoms with Crippen molar-refractivity contribution in [3.8, 4) is 0 Å². The second kappa shape index (κ2) is 3.69. The molecule has 0 radical (unpaired) electrons. The molecule has 0 aliphatic carbocycles. The van der Waals surface area contributed by atoms with Crippen LogP contribution in [-0.2, 0) is 4.79 Å². The summed E-state index contributed by atoms with van der Waals surface area (Å²) in [7, 11) is 0. The molecule has 2 aromatic rings. The molecule has 0 bridgehead atoms. The van der Waals surface area contributed by atoms with Crippen molar-refractivity contribution < 1.29 is 9.18 Å². The summed E-state index contributed by atoms with van der Waals surface area (Å²) in [5.41, 5.74) is 1.69. The Kier molecular flexibility index (Phi) is 2.18.